The zero-order valence-corrected chi connectivity index (χ0v) is 20.9. The maximum absolute atomic E-state index is 2.54. The third-order valence-electron chi connectivity index (χ3n) is 8.07. The van der Waals surface area contributed by atoms with E-state index in [0.717, 1.165) is 0 Å². The highest BCUT2D eigenvalue weighted by Gasteiger charge is 2.37. The highest BCUT2D eigenvalue weighted by molar-refractivity contribution is 6.90. The van der Waals surface area contributed by atoms with Crippen LogP contribution in [0.1, 0.15) is 0 Å². The van der Waals surface area contributed by atoms with Gasteiger partial charge in [-0.3, -0.25) is 0 Å². The fourth-order valence-corrected chi connectivity index (χ4v) is 6.45. The van der Waals surface area contributed by atoms with Crippen molar-refractivity contribution in [2.45, 2.75) is 0 Å². The number of benzene rings is 7. The van der Waals surface area contributed by atoms with Gasteiger partial charge >= 0.3 is 6.85 Å². The third-order valence-corrected chi connectivity index (χ3v) is 8.07. The van der Waals surface area contributed by atoms with Crippen LogP contribution in [-0.4, -0.2) is 6.85 Å². The van der Waals surface area contributed by atoms with Crippen LogP contribution in [-0.2, 0) is 0 Å². The summed E-state index contributed by atoms with van der Waals surface area (Å²) in [5.74, 6) is 0. The van der Waals surface area contributed by atoms with Crippen LogP contribution < -0.4 is 15.7 Å². The average molecular weight is 481 g/mol. The minimum absolute atomic E-state index is 0.0754. The van der Waals surface area contributed by atoms with Crippen molar-refractivity contribution in [1.29, 1.82) is 0 Å². The first-order chi connectivity index (χ1) is 18.9. The molecular formula is C36H24BN. The smallest absolute Gasteiger partial charge is 0.328 e. The van der Waals surface area contributed by atoms with Gasteiger partial charge in [0, 0.05) is 16.9 Å². The van der Waals surface area contributed by atoms with Crippen LogP contribution in [0, 0.1) is 0 Å². The standard InChI is InChI=1S/C36H24BN/c1-3-13-25(14-4-1)37-35-22-12-11-21-31(35)34-23-32-29-19-9-7-17-27(29)28-18-8-10-20-30(28)33(32)24-36(34)38(37)26-15-5-2-6-16-26/h1-24H. The largest absolute Gasteiger partial charge is 0.376 e. The maximum atomic E-state index is 2.54. The van der Waals surface area contributed by atoms with Crippen LogP contribution in [0.3, 0.4) is 0 Å². The van der Waals surface area contributed by atoms with Crippen LogP contribution in [0.2, 0.25) is 0 Å². The lowest BCUT2D eigenvalue weighted by Gasteiger charge is -2.39. The van der Waals surface area contributed by atoms with Gasteiger partial charge in [0.15, 0.2) is 0 Å². The molecule has 1 aliphatic heterocycles. The van der Waals surface area contributed by atoms with Crippen LogP contribution in [0.5, 0.6) is 0 Å². The molecule has 1 aliphatic rings. The van der Waals surface area contributed by atoms with Crippen LogP contribution in [0.4, 0.5) is 11.4 Å². The molecule has 0 spiro atoms. The molecule has 1 nitrogen and oxygen atoms in total. The molecule has 0 saturated carbocycles. The van der Waals surface area contributed by atoms with Crippen molar-refractivity contribution in [1.82, 2.24) is 0 Å². The van der Waals surface area contributed by atoms with Gasteiger partial charge in [0.25, 0.3) is 0 Å². The Hall–Kier alpha value is -4.82. The number of anilines is 2. The van der Waals surface area contributed by atoms with Gasteiger partial charge in [-0.2, -0.15) is 0 Å². The normalized spacial score (nSPS) is 12.6. The first-order valence-electron chi connectivity index (χ1n) is 13.2. The van der Waals surface area contributed by atoms with Crippen molar-refractivity contribution in [2.75, 3.05) is 4.81 Å². The van der Waals surface area contributed by atoms with Crippen LogP contribution >= 0.6 is 0 Å². The second-order valence-electron chi connectivity index (χ2n) is 10.1. The van der Waals surface area contributed by atoms with Gasteiger partial charge in [-0.05, 0) is 67.6 Å². The van der Waals surface area contributed by atoms with E-state index < -0.39 is 0 Å². The highest BCUT2D eigenvalue weighted by atomic mass is 15.1. The number of hydrogen-bond donors (Lipinski definition) is 0. The second-order valence-corrected chi connectivity index (χ2v) is 10.1. The van der Waals surface area contributed by atoms with Gasteiger partial charge in [0.1, 0.15) is 0 Å². The molecule has 0 amide bonds. The van der Waals surface area contributed by atoms with Gasteiger partial charge in [-0.15, -0.1) is 0 Å². The summed E-state index contributed by atoms with van der Waals surface area (Å²) in [5.41, 5.74) is 7.66. The summed E-state index contributed by atoms with van der Waals surface area (Å²) in [6.07, 6.45) is 0. The summed E-state index contributed by atoms with van der Waals surface area (Å²) in [6, 6.07) is 53.3. The molecule has 0 N–H and O–H groups in total. The molecule has 8 rings (SSSR count). The van der Waals surface area contributed by atoms with Crippen molar-refractivity contribution in [2.24, 2.45) is 0 Å². The predicted molar refractivity (Wildman–Crippen MR) is 164 cm³/mol. The summed E-state index contributed by atoms with van der Waals surface area (Å²) in [6.45, 7) is 0.0754. The third kappa shape index (κ3) is 3.07. The van der Waals surface area contributed by atoms with Crippen molar-refractivity contribution in [3.63, 3.8) is 0 Å². The quantitative estimate of drug-likeness (QED) is 0.178. The molecule has 0 saturated heterocycles. The molecule has 2 heteroatoms. The molecule has 7 aromatic carbocycles. The molecule has 7 aromatic rings. The van der Waals surface area contributed by atoms with Crippen molar-refractivity contribution >= 4 is 61.5 Å². The number of para-hydroxylation sites is 1. The molecule has 0 aliphatic carbocycles. The van der Waals surface area contributed by atoms with E-state index >= 15 is 0 Å². The zero-order chi connectivity index (χ0) is 25.1. The maximum Gasteiger partial charge on any atom is 0.328 e. The Morgan fingerprint density at radius 3 is 1.55 bits per heavy atom. The number of nitrogens with zero attached hydrogens (tertiary/aromatic N) is 1. The molecule has 1 heterocycles. The minimum atomic E-state index is 0.0754. The molecule has 0 atom stereocenters. The lowest BCUT2D eigenvalue weighted by atomic mass is 9.45. The second kappa shape index (κ2) is 8.36. The van der Waals surface area contributed by atoms with Gasteiger partial charge in [0.05, 0.1) is 0 Å². The highest BCUT2D eigenvalue weighted by Crippen LogP contribution is 2.45. The molecule has 0 fully saturated rings. The van der Waals surface area contributed by atoms with E-state index in [4.69, 9.17) is 0 Å². The van der Waals surface area contributed by atoms with Crippen LogP contribution in [0.25, 0.3) is 43.4 Å². The monoisotopic (exact) mass is 481 g/mol. The Labute approximate surface area is 222 Å². The van der Waals surface area contributed by atoms with Crippen LogP contribution in [0.15, 0.2) is 146 Å². The molecular weight excluding hydrogens is 457 g/mol. The van der Waals surface area contributed by atoms with E-state index in [1.54, 1.807) is 0 Å². The fourth-order valence-electron chi connectivity index (χ4n) is 6.45. The van der Waals surface area contributed by atoms with E-state index in [9.17, 15) is 0 Å². The molecule has 0 aromatic heterocycles. The summed E-state index contributed by atoms with van der Waals surface area (Å²) in [5, 5.41) is 7.81. The summed E-state index contributed by atoms with van der Waals surface area (Å²) in [7, 11) is 0. The number of rotatable bonds is 2. The van der Waals surface area contributed by atoms with E-state index in [1.807, 2.05) is 0 Å². The Bertz CT molecular complexity index is 1980. The average Bonchev–Trinajstić information content (AvgIpc) is 3.00. The van der Waals surface area contributed by atoms with E-state index in [-0.39, 0.29) is 6.85 Å². The Morgan fingerprint density at radius 1 is 0.395 bits per heavy atom. The van der Waals surface area contributed by atoms with E-state index in [2.05, 4.69) is 150 Å². The van der Waals surface area contributed by atoms with Gasteiger partial charge < -0.3 is 4.81 Å². The Morgan fingerprint density at radius 2 is 0.895 bits per heavy atom. The first-order valence-corrected chi connectivity index (χ1v) is 13.2. The molecule has 0 radical (unpaired) electrons. The van der Waals surface area contributed by atoms with Gasteiger partial charge in [-0.25, -0.2) is 0 Å². The van der Waals surface area contributed by atoms with E-state index in [1.165, 1.54) is 65.7 Å². The predicted octanol–water partition coefficient (Wildman–Crippen LogP) is 8.07. The minimum Gasteiger partial charge on any atom is -0.376 e. The SMILES string of the molecule is c1ccc(B2c3ccccc3-c3cc4c5ccccc5c5ccccc5c4cc3N2c2ccccc2)cc1. The fraction of sp³-hybridized carbons (Fsp3) is 0. The molecule has 0 bridgehead atoms. The molecule has 38 heavy (non-hydrogen) atoms. The number of hydrogen-bond acceptors (Lipinski definition) is 1. The first kappa shape index (κ1) is 21.3. The van der Waals surface area contributed by atoms with Crippen molar-refractivity contribution < 1.29 is 0 Å². The molecule has 176 valence electrons. The van der Waals surface area contributed by atoms with E-state index in [0.29, 0.717) is 0 Å². The summed E-state index contributed by atoms with van der Waals surface area (Å²) >= 11 is 0. The van der Waals surface area contributed by atoms with Crippen molar-refractivity contribution in [3.8, 4) is 11.1 Å². The lowest BCUT2D eigenvalue weighted by molar-refractivity contribution is 1.37. The Balaban J connectivity index is 1.55. The summed E-state index contributed by atoms with van der Waals surface area (Å²) in [4.78, 5) is 2.54. The lowest BCUT2D eigenvalue weighted by Crippen LogP contribution is -2.57. The topological polar surface area (TPSA) is 3.24 Å². The van der Waals surface area contributed by atoms with Crippen molar-refractivity contribution in [3.05, 3.63) is 146 Å². The van der Waals surface area contributed by atoms with Gasteiger partial charge in [0.2, 0.25) is 0 Å². The summed E-state index contributed by atoms with van der Waals surface area (Å²) < 4.78 is 0. The van der Waals surface area contributed by atoms with Gasteiger partial charge in [-0.1, -0.05) is 127 Å². The Kier molecular flexibility index (Phi) is 4.68. The number of fused-ring (bicyclic) bond motifs is 9. The zero-order valence-electron chi connectivity index (χ0n) is 20.9. The molecule has 0 unspecified atom stereocenters.